The van der Waals surface area contributed by atoms with E-state index in [0.29, 0.717) is 23.7 Å². The Bertz CT molecular complexity index is 975. The maximum Gasteiger partial charge on any atom is 0.247 e. The summed E-state index contributed by atoms with van der Waals surface area (Å²) in [6, 6.07) is 11.9. The van der Waals surface area contributed by atoms with Gasteiger partial charge in [0.05, 0.1) is 10.7 Å². The van der Waals surface area contributed by atoms with Crippen molar-refractivity contribution in [1.29, 1.82) is 0 Å². The van der Waals surface area contributed by atoms with Gasteiger partial charge in [-0.3, -0.25) is 9.59 Å². The maximum absolute atomic E-state index is 12.9. The van der Waals surface area contributed by atoms with E-state index in [2.05, 4.69) is 41.4 Å². The van der Waals surface area contributed by atoms with Crippen LogP contribution in [0.15, 0.2) is 36.4 Å². The molecule has 1 N–H and O–H groups in total. The molecule has 0 radical (unpaired) electrons. The number of nitrogens with one attached hydrogen (secondary N) is 1. The van der Waals surface area contributed by atoms with Crippen LogP contribution in [0.5, 0.6) is 0 Å². The van der Waals surface area contributed by atoms with Crippen molar-refractivity contribution in [2.45, 2.75) is 52.1 Å². The van der Waals surface area contributed by atoms with E-state index in [9.17, 15) is 9.59 Å². The van der Waals surface area contributed by atoms with Crippen molar-refractivity contribution >= 4 is 34.8 Å². The number of fused-ring (bicyclic) bond motifs is 1. The third-order valence-corrected chi connectivity index (χ3v) is 6.50. The molecule has 0 bridgehead atoms. The van der Waals surface area contributed by atoms with E-state index in [-0.39, 0.29) is 11.8 Å². The molecule has 2 aromatic carbocycles. The van der Waals surface area contributed by atoms with Crippen molar-refractivity contribution in [2.75, 3.05) is 23.3 Å². The van der Waals surface area contributed by atoms with Crippen LogP contribution in [0.25, 0.3) is 0 Å². The minimum absolute atomic E-state index is 0.0475. The Morgan fingerprint density at radius 1 is 1.17 bits per heavy atom. The fraction of sp³-hybridized carbons (Fsp3) is 0.417. The van der Waals surface area contributed by atoms with Gasteiger partial charge < -0.3 is 15.1 Å². The van der Waals surface area contributed by atoms with Crippen molar-refractivity contribution in [1.82, 2.24) is 4.90 Å². The van der Waals surface area contributed by atoms with Crippen molar-refractivity contribution in [3.8, 4) is 0 Å². The minimum atomic E-state index is -0.402. The van der Waals surface area contributed by atoms with E-state index < -0.39 is 6.04 Å². The van der Waals surface area contributed by atoms with Crippen LogP contribution in [0, 0.1) is 6.92 Å². The second-order valence-corrected chi connectivity index (χ2v) is 8.68. The summed E-state index contributed by atoms with van der Waals surface area (Å²) in [5, 5.41) is 3.66. The van der Waals surface area contributed by atoms with Gasteiger partial charge in [-0.2, -0.15) is 0 Å². The smallest absolute Gasteiger partial charge is 0.247 e. The number of carbonyl (C=O) groups excluding carboxylic acids is 2. The van der Waals surface area contributed by atoms with E-state index in [1.54, 1.807) is 4.90 Å². The SMILES string of the molecule is CC(=O)N1CCCC[C@@H]1C(=O)Nc1cc(Cl)c2c(c1)CCN2Cc1ccccc1C. The molecule has 0 aliphatic carbocycles. The summed E-state index contributed by atoms with van der Waals surface area (Å²) in [6.07, 6.45) is 3.51. The molecule has 2 aliphatic heterocycles. The molecule has 2 amide bonds. The molecule has 1 saturated heterocycles. The fourth-order valence-electron chi connectivity index (χ4n) is 4.60. The molecule has 5 nitrogen and oxygen atoms in total. The summed E-state index contributed by atoms with van der Waals surface area (Å²) < 4.78 is 0. The molecule has 1 atom stereocenters. The first-order valence-corrected chi connectivity index (χ1v) is 11.0. The van der Waals surface area contributed by atoms with E-state index >= 15 is 0 Å². The van der Waals surface area contributed by atoms with Gasteiger partial charge in [0.2, 0.25) is 11.8 Å². The highest BCUT2D eigenvalue weighted by atomic mass is 35.5. The monoisotopic (exact) mass is 425 g/mol. The Morgan fingerprint density at radius 3 is 2.73 bits per heavy atom. The van der Waals surface area contributed by atoms with Crippen molar-refractivity contribution < 1.29 is 9.59 Å². The Hall–Kier alpha value is -2.53. The molecule has 30 heavy (non-hydrogen) atoms. The van der Waals surface area contributed by atoms with Crippen molar-refractivity contribution in [3.05, 3.63) is 58.1 Å². The number of likely N-dealkylation sites (tertiary alicyclic amines) is 1. The zero-order valence-corrected chi connectivity index (χ0v) is 18.3. The van der Waals surface area contributed by atoms with Gasteiger partial charge in [0.25, 0.3) is 0 Å². The average Bonchev–Trinajstić information content (AvgIpc) is 3.12. The van der Waals surface area contributed by atoms with Gasteiger partial charge in [-0.05, 0) is 61.4 Å². The van der Waals surface area contributed by atoms with Crippen LogP contribution in [0.4, 0.5) is 11.4 Å². The van der Waals surface area contributed by atoms with E-state index in [1.165, 1.54) is 18.1 Å². The van der Waals surface area contributed by atoms with Crippen LogP contribution in [-0.4, -0.2) is 35.8 Å². The predicted octanol–water partition coefficient (Wildman–Crippen LogP) is 4.55. The zero-order chi connectivity index (χ0) is 21.3. The third kappa shape index (κ3) is 4.17. The number of amides is 2. The Morgan fingerprint density at radius 2 is 1.97 bits per heavy atom. The molecule has 2 aromatic rings. The Balaban J connectivity index is 1.51. The van der Waals surface area contributed by atoms with Crippen LogP contribution in [0.3, 0.4) is 0 Å². The average molecular weight is 426 g/mol. The minimum Gasteiger partial charge on any atom is -0.365 e. The number of benzene rings is 2. The lowest BCUT2D eigenvalue weighted by molar-refractivity contribution is -0.138. The van der Waals surface area contributed by atoms with Gasteiger partial charge in [-0.25, -0.2) is 0 Å². The topological polar surface area (TPSA) is 52.7 Å². The number of piperidine rings is 1. The molecule has 0 aromatic heterocycles. The second-order valence-electron chi connectivity index (χ2n) is 8.28. The van der Waals surface area contributed by atoms with Crippen LogP contribution >= 0.6 is 11.6 Å². The molecule has 6 heteroatoms. The number of aryl methyl sites for hydroxylation is 1. The molecule has 158 valence electrons. The van der Waals surface area contributed by atoms with Gasteiger partial charge in [-0.1, -0.05) is 35.9 Å². The van der Waals surface area contributed by atoms with E-state index in [4.69, 9.17) is 11.6 Å². The lowest BCUT2D eigenvalue weighted by atomic mass is 10.0. The zero-order valence-electron chi connectivity index (χ0n) is 17.6. The van der Waals surface area contributed by atoms with E-state index in [1.807, 2.05) is 12.1 Å². The third-order valence-electron chi connectivity index (χ3n) is 6.21. The van der Waals surface area contributed by atoms with Gasteiger partial charge in [0.1, 0.15) is 6.04 Å². The van der Waals surface area contributed by atoms with E-state index in [0.717, 1.165) is 43.6 Å². The molecule has 1 fully saturated rings. The maximum atomic E-state index is 12.9. The van der Waals surface area contributed by atoms with Crippen LogP contribution in [0.2, 0.25) is 5.02 Å². The highest BCUT2D eigenvalue weighted by Gasteiger charge is 2.31. The first-order chi connectivity index (χ1) is 14.4. The molecule has 4 rings (SSSR count). The lowest BCUT2D eigenvalue weighted by Gasteiger charge is -2.34. The highest BCUT2D eigenvalue weighted by Crippen LogP contribution is 2.39. The molecule has 2 aliphatic rings. The summed E-state index contributed by atoms with van der Waals surface area (Å²) in [7, 11) is 0. The summed E-state index contributed by atoms with van der Waals surface area (Å²) >= 11 is 6.67. The summed E-state index contributed by atoms with van der Waals surface area (Å²) in [5.74, 6) is -0.177. The molecular formula is C24H28ClN3O2. The van der Waals surface area contributed by atoms with Gasteiger partial charge >= 0.3 is 0 Å². The van der Waals surface area contributed by atoms with Crippen LogP contribution in [0.1, 0.15) is 42.9 Å². The highest BCUT2D eigenvalue weighted by molar-refractivity contribution is 6.34. The Labute approximate surface area is 183 Å². The normalized spacial score (nSPS) is 18.3. The number of halogens is 1. The number of anilines is 2. The lowest BCUT2D eigenvalue weighted by Crippen LogP contribution is -2.49. The summed E-state index contributed by atoms with van der Waals surface area (Å²) in [5.41, 5.74) is 5.48. The molecular weight excluding hydrogens is 398 g/mol. The van der Waals surface area contributed by atoms with Gasteiger partial charge in [0.15, 0.2) is 0 Å². The van der Waals surface area contributed by atoms with Gasteiger partial charge in [-0.15, -0.1) is 0 Å². The standard InChI is InChI=1S/C24H28ClN3O2/c1-16-7-3-4-8-19(16)15-27-12-10-18-13-20(14-21(25)23(18)27)26-24(30)22-9-5-6-11-28(22)17(2)29/h3-4,7-8,13-14,22H,5-6,9-12,15H2,1-2H3,(H,26,30)/t22-/m1/s1. The summed E-state index contributed by atoms with van der Waals surface area (Å²) in [4.78, 5) is 28.8. The molecule has 0 spiro atoms. The number of nitrogens with zero attached hydrogens (tertiary/aromatic N) is 2. The largest absolute Gasteiger partial charge is 0.365 e. The Kier molecular flexibility index (Phi) is 6.00. The number of carbonyl (C=O) groups is 2. The first kappa shape index (κ1) is 20.7. The van der Waals surface area contributed by atoms with Gasteiger partial charge in [0, 0.05) is 32.2 Å². The van der Waals surface area contributed by atoms with Crippen LogP contribution < -0.4 is 10.2 Å². The number of hydrogen-bond donors (Lipinski definition) is 1. The van der Waals surface area contributed by atoms with Crippen LogP contribution in [-0.2, 0) is 22.6 Å². The van der Waals surface area contributed by atoms with Crippen molar-refractivity contribution in [2.24, 2.45) is 0 Å². The van der Waals surface area contributed by atoms with Crippen molar-refractivity contribution in [3.63, 3.8) is 0 Å². The first-order valence-electron chi connectivity index (χ1n) is 10.6. The predicted molar refractivity (Wildman–Crippen MR) is 121 cm³/mol. The summed E-state index contributed by atoms with van der Waals surface area (Å²) in [6.45, 7) is 6.03. The molecule has 2 heterocycles. The second kappa shape index (κ2) is 8.68. The number of rotatable bonds is 4. The molecule has 0 unspecified atom stereocenters. The quantitative estimate of drug-likeness (QED) is 0.781. The fourth-order valence-corrected chi connectivity index (χ4v) is 4.96. The number of hydrogen-bond acceptors (Lipinski definition) is 3. The molecule has 0 saturated carbocycles.